The molecule has 0 aliphatic carbocycles. The maximum absolute atomic E-state index is 10.8. The fraction of sp³-hybridized carbons (Fsp3) is 0.312. The van der Waals surface area contributed by atoms with Crippen molar-refractivity contribution in [2.45, 2.75) is 20.4 Å². The summed E-state index contributed by atoms with van der Waals surface area (Å²) in [6, 6.07) is 4.12. The number of aromatic nitrogens is 1. The first-order valence-electron chi connectivity index (χ1n) is 6.64. The van der Waals surface area contributed by atoms with E-state index in [1.807, 2.05) is 18.4 Å². The van der Waals surface area contributed by atoms with E-state index in [1.165, 1.54) is 0 Å². The number of carboxylic acids is 1. The highest BCUT2D eigenvalue weighted by molar-refractivity contribution is 6.33. The van der Waals surface area contributed by atoms with Crippen LogP contribution < -0.4 is 0 Å². The summed E-state index contributed by atoms with van der Waals surface area (Å²) in [6.45, 7) is 5.19. The maximum atomic E-state index is 10.8. The van der Waals surface area contributed by atoms with Crippen LogP contribution in [0.15, 0.2) is 18.2 Å². The molecule has 2 rings (SSSR count). The number of aryl methyl sites for hydroxylation is 2. The summed E-state index contributed by atoms with van der Waals surface area (Å²) in [6.07, 6.45) is 2.67. The topological polar surface area (TPSA) is 51.5 Å². The highest BCUT2D eigenvalue weighted by Gasteiger charge is 2.16. The standard InChI is InChI=1S/C16H18ClNO3/c1-10-8-11(2)15-12(4-5-14(19)20)16(17)18(6-7-21-3)13(15)9-10/h4-5,8-9H,6-7H2,1-3H3,(H,19,20)/b5-4+. The van der Waals surface area contributed by atoms with Crippen LogP contribution in [-0.4, -0.2) is 29.4 Å². The van der Waals surface area contributed by atoms with Gasteiger partial charge in [-0.1, -0.05) is 17.7 Å². The van der Waals surface area contributed by atoms with Gasteiger partial charge in [-0.3, -0.25) is 0 Å². The van der Waals surface area contributed by atoms with E-state index in [0.29, 0.717) is 18.3 Å². The van der Waals surface area contributed by atoms with E-state index in [9.17, 15) is 4.79 Å². The van der Waals surface area contributed by atoms with Crippen LogP contribution in [0.3, 0.4) is 0 Å². The Labute approximate surface area is 128 Å². The molecule has 112 valence electrons. The van der Waals surface area contributed by atoms with Gasteiger partial charge in [-0.05, 0) is 37.1 Å². The summed E-state index contributed by atoms with van der Waals surface area (Å²) in [5.41, 5.74) is 3.96. The monoisotopic (exact) mass is 307 g/mol. The van der Waals surface area contributed by atoms with Crippen LogP contribution in [0.2, 0.25) is 5.15 Å². The fourth-order valence-corrected chi connectivity index (χ4v) is 2.90. The molecule has 0 radical (unpaired) electrons. The fourth-order valence-electron chi connectivity index (χ4n) is 2.57. The Morgan fingerprint density at radius 1 is 1.43 bits per heavy atom. The quantitative estimate of drug-likeness (QED) is 0.858. The first kappa shape index (κ1) is 15.6. The molecular formula is C16H18ClNO3. The van der Waals surface area contributed by atoms with Crippen molar-refractivity contribution in [1.29, 1.82) is 0 Å². The Bertz CT molecular complexity index is 716. The summed E-state index contributed by atoms with van der Waals surface area (Å²) >= 11 is 6.46. The van der Waals surface area contributed by atoms with Crippen molar-refractivity contribution < 1.29 is 14.6 Å². The van der Waals surface area contributed by atoms with Crippen LogP contribution in [-0.2, 0) is 16.1 Å². The molecule has 5 heteroatoms. The van der Waals surface area contributed by atoms with Crippen molar-refractivity contribution in [2.75, 3.05) is 13.7 Å². The number of benzene rings is 1. The van der Waals surface area contributed by atoms with Crippen LogP contribution in [0, 0.1) is 13.8 Å². The molecule has 1 aromatic carbocycles. The minimum atomic E-state index is -0.992. The molecule has 0 fully saturated rings. The molecule has 0 spiro atoms. The number of carbonyl (C=O) groups is 1. The summed E-state index contributed by atoms with van der Waals surface area (Å²) < 4.78 is 7.09. The molecule has 0 saturated carbocycles. The molecule has 0 aliphatic heterocycles. The molecule has 21 heavy (non-hydrogen) atoms. The predicted octanol–water partition coefficient (Wildman–Crippen LogP) is 3.66. The Hall–Kier alpha value is -1.78. The second-order valence-electron chi connectivity index (χ2n) is 5.00. The van der Waals surface area contributed by atoms with Gasteiger partial charge >= 0.3 is 5.97 Å². The van der Waals surface area contributed by atoms with Gasteiger partial charge in [-0.15, -0.1) is 0 Å². The number of hydrogen-bond donors (Lipinski definition) is 1. The lowest BCUT2D eigenvalue weighted by atomic mass is 10.0. The van der Waals surface area contributed by atoms with Crippen molar-refractivity contribution in [3.63, 3.8) is 0 Å². The van der Waals surface area contributed by atoms with E-state index >= 15 is 0 Å². The van der Waals surface area contributed by atoms with Crippen molar-refractivity contribution >= 4 is 34.5 Å². The van der Waals surface area contributed by atoms with Crippen molar-refractivity contribution in [1.82, 2.24) is 4.57 Å². The molecule has 0 aliphatic rings. The van der Waals surface area contributed by atoms with Gasteiger partial charge in [0.05, 0.1) is 12.1 Å². The average Bonchev–Trinajstić information content (AvgIpc) is 2.66. The zero-order valence-electron chi connectivity index (χ0n) is 12.3. The van der Waals surface area contributed by atoms with Crippen LogP contribution in [0.4, 0.5) is 0 Å². The van der Waals surface area contributed by atoms with Gasteiger partial charge in [0, 0.05) is 30.7 Å². The highest BCUT2D eigenvalue weighted by Crippen LogP contribution is 2.34. The van der Waals surface area contributed by atoms with E-state index in [4.69, 9.17) is 21.4 Å². The Balaban J connectivity index is 2.72. The normalized spacial score (nSPS) is 11.6. The largest absolute Gasteiger partial charge is 0.478 e. The number of hydrogen-bond acceptors (Lipinski definition) is 2. The van der Waals surface area contributed by atoms with E-state index in [-0.39, 0.29) is 0 Å². The summed E-state index contributed by atoms with van der Waals surface area (Å²) in [4.78, 5) is 10.8. The number of aliphatic carboxylic acids is 1. The van der Waals surface area contributed by atoms with Gasteiger partial charge in [0.1, 0.15) is 5.15 Å². The third kappa shape index (κ3) is 3.12. The van der Waals surface area contributed by atoms with Gasteiger partial charge in [0.2, 0.25) is 0 Å². The third-order valence-electron chi connectivity index (χ3n) is 3.39. The van der Waals surface area contributed by atoms with E-state index in [1.54, 1.807) is 13.2 Å². The molecule has 2 aromatic rings. The zero-order chi connectivity index (χ0) is 15.6. The molecule has 1 N–H and O–H groups in total. The van der Waals surface area contributed by atoms with Gasteiger partial charge in [-0.2, -0.15) is 0 Å². The van der Waals surface area contributed by atoms with E-state index in [0.717, 1.165) is 33.7 Å². The second-order valence-corrected chi connectivity index (χ2v) is 5.35. The average molecular weight is 308 g/mol. The molecule has 4 nitrogen and oxygen atoms in total. The molecule has 0 saturated heterocycles. The SMILES string of the molecule is COCCn1c(Cl)c(/C=C/C(=O)O)c2c(C)cc(C)cc21. The smallest absolute Gasteiger partial charge is 0.328 e. The van der Waals surface area contributed by atoms with Gasteiger partial charge in [0.15, 0.2) is 0 Å². The lowest BCUT2D eigenvalue weighted by Crippen LogP contribution is -2.04. The molecule has 0 amide bonds. The predicted molar refractivity (Wildman–Crippen MR) is 85.0 cm³/mol. The summed E-state index contributed by atoms with van der Waals surface area (Å²) in [7, 11) is 1.64. The number of nitrogens with zero attached hydrogens (tertiary/aromatic N) is 1. The van der Waals surface area contributed by atoms with Crippen molar-refractivity contribution in [2.24, 2.45) is 0 Å². The van der Waals surface area contributed by atoms with Crippen molar-refractivity contribution in [3.05, 3.63) is 40.1 Å². The van der Waals surface area contributed by atoms with Gasteiger partial charge in [0.25, 0.3) is 0 Å². The number of fused-ring (bicyclic) bond motifs is 1. The number of rotatable bonds is 5. The van der Waals surface area contributed by atoms with Crippen LogP contribution in [0.1, 0.15) is 16.7 Å². The second kappa shape index (κ2) is 6.33. The van der Waals surface area contributed by atoms with Gasteiger partial charge in [-0.25, -0.2) is 4.79 Å². The number of methoxy groups -OCH3 is 1. The lowest BCUT2D eigenvalue weighted by Gasteiger charge is -2.07. The molecule has 0 unspecified atom stereocenters. The maximum Gasteiger partial charge on any atom is 0.328 e. The van der Waals surface area contributed by atoms with Crippen LogP contribution in [0.25, 0.3) is 17.0 Å². The summed E-state index contributed by atoms with van der Waals surface area (Å²) in [5, 5.41) is 10.4. The highest BCUT2D eigenvalue weighted by atomic mass is 35.5. The van der Waals surface area contributed by atoms with Crippen LogP contribution >= 0.6 is 11.6 Å². The van der Waals surface area contributed by atoms with Crippen LogP contribution in [0.5, 0.6) is 0 Å². The Morgan fingerprint density at radius 3 is 2.76 bits per heavy atom. The number of halogens is 1. The lowest BCUT2D eigenvalue weighted by molar-refractivity contribution is -0.131. The van der Waals surface area contributed by atoms with Crippen molar-refractivity contribution in [3.8, 4) is 0 Å². The minimum Gasteiger partial charge on any atom is -0.478 e. The molecule has 1 aromatic heterocycles. The first-order valence-corrected chi connectivity index (χ1v) is 7.02. The number of ether oxygens (including phenoxy) is 1. The Morgan fingerprint density at radius 2 is 2.14 bits per heavy atom. The molecular weight excluding hydrogens is 290 g/mol. The molecule has 0 bridgehead atoms. The van der Waals surface area contributed by atoms with E-state index in [2.05, 4.69) is 12.1 Å². The van der Waals surface area contributed by atoms with E-state index < -0.39 is 5.97 Å². The minimum absolute atomic E-state index is 0.535. The van der Waals surface area contributed by atoms with Gasteiger partial charge < -0.3 is 14.4 Å². The Kier molecular flexibility index (Phi) is 4.70. The summed E-state index contributed by atoms with van der Waals surface area (Å²) in [5.74, 6) is -0.992. The zero-order valence-corrected chi connectivity index (χ0v) is 13.1. The third-order valence-corrected chi connectivity index (χ3v) is 3.80. The first-order chi connectivity index (χ1) is 9.95. The number of carboxylic acid groups (broad SMARTS) is 1. The molecule has 1 heterocycles. The molecule has 0 atom stereocenters.